The molecule has 1 aliphatic heterocycles. The summed E-state index contributed by atoms with van der Waals surface area (Å²) in [4.78, 5) is 17.7. The van der Waals surface area contributed by atoms with E-state index in [-0.39, 0.29) is 17.6 Å². The zero-order valence-corrected chi connectivity index (χ0v) is 17.5. The highest BCUT2D eigenvalue weighted by Gasteiger charge is 2.41. The smallest absolute Gasteiger partial charge is 0.241 e. The molecule has 0 saturated heterocycles. The molecule has 31 heavy (non-hydrogen) atoms. The average molecular weight is 421 g/mol. The number of rotatable bonds is 4. The second-order valence-corrected chi connectivity index (χ2v) is 7.75. The number of nitrogen functional groups attached to an aromatic ring is 1. The summed E-state index contributed by atoms with van der Waals surface area (Å²) < 4.78 is 18.3. The van der Waals surface area contributed by atoms with E-state index in [4.69, 9.17) is 19.6 Å². The van der Waals surface area contributed by atoms with E-state index in [1.54, 1.807) is 18.9 Å². The molecule has 3 N–H and O–H groups in total. The van der Waals surface area contributed by atoms with Crippen molar-refractivity contribution < 1.29 is 18.7 Å². The van der Waals surface area contributed by atoms with Gasteiger partial charge in [0, 0.05) is 17.7 Å². The first kappa shape index (κ1) is 19.2. The molecular formula is C22H23N5O4. The Morgan fingerprint density at radius 1 is 1.16 bits per heavy atom. The Hall–Kier alpha value is -3.75. The second kappa shape index (κ2) is 7.19. The molecule has 0 radical (unpaired) electrons. The van der Waals surface area contributed by atoms with E-state index in [2.05, 4.69) is 15.4 Å². The Labute approximate surface area is 178 Å². The summed E-state index contributed by atoms with van der Waals surface area (Å²) in [5.74, 6) is 3.35. The van der Waals surface area contributed by atoms with Gasteiger partial charge in [0.1, 0.15) is 17.6 Å². The highest BCUT2D eigenvalue weighted by atomic mass is 16.5. The second-order valence-electron chi connectivity index (χ2n) is 7.75. The predicted octanol–water partition coefficient (Wildman–Crippen LogP) is 3.19. The number of anilines is 2. The van der Waals surface area contributed by atoms with Gasteiger partial charge in [-0.2, -0.15) is 4.98 Å². The number of benzene rings is 1. The van der Waals surface area contributed by atoms with Crippen molar-refractivity contribution in [1.82, 2.24) is 14.8 Å². The van der Waals surface area contributed by atoms with Crippen molar-refractivity contribution in [2.75, 3.05) is 25.3 Å². The number of nitrogens with zero attached hydrogens (tertiary/aromatic N) is 3. The molecule has 9 nitrogen and oxygen atoms in total. The molecule has 2 aromatic heterocycles. The van der Waals surface area contributed by atoms with E-state index in [9.17, 15) is 4.79 Å². The summed E-state index contributed by atoms with van der Waals surface area (Å²) >= 11 is 0. The van der Waals surface area contributed by atoms with Crippen LogP contribution in [0.3, 0.4) is 0 Å². The topological polar surface area (TPSA) is 117 Å². The van der Waals surface area contributed by atoms with Gasteiger partial charge in [-0.25, -0.2) is 4.68 Å². The molecule has 160 valence electrons. The lowest BCUT2D eigenvalue weighted by Gasteiger charge is -2.34. The number of nitrogens with one attached hydrogen (secondary N) is 1. The van der Waals surface area contributed by atoms with E-state index in [0.717, 1.165) is 17.0 Å². The van der Waals surface area contributed by atoms with Gasteiger partial charge in [-0.05, 0) is 49.1 Å². The predicted molar refractivity (Wildman–Crippen MR) is 113 cm³/mol. The molecule has 1 aromatic carbocycles. The fraction of sp³-hybridized carbons (Fsp3) is 0.318. The van der Waals surface area contributed by atoms with Crippen LogP contribution >= 0.6 is 0 Å². The van der Waals surface area contributed by atoms with Crippen LogP contribution in [0.5, 0.6) is 11.5 Å². The number of Topliss-reactive ketones (excluding diaryl/α,β-unsaturated/α-hetero) is 1. The van der Waals surface area contributed by atoms with Crippen molar-refractivity contribution in [3.8, 4) is 11.5 Å². The van der Waals surface area contributed by atoms with Crippen molar-refractivity contribution in [1.29, 1.82) is 0 Å². The average Bonchev–Trinajstić information content (AvgIpc) is 3.35. The number of hydrogen-bond donors (Lipinski definition) is 2. The van der Waals surface area contributed by atoms with E-state index in [1.165, 1.54) is 0 Å². The van der Waals surface area contributed by atoms with Gasteiger partial charge >= 0.3 is 0 Å². The van der Waals surface area contributed by atoms with Crippen LogP contribution in [-0.4, -0.2) is 34.8 Å². The molecule has 3 heterocycles. The lowest BCUT2D eigenvalue weighted by molar-refractivity contribution is -0.116. The quantitative estimate of drug-likeness (QED) is 0.659. The number of hydrogen-bond acceptors (Lipinski definition) is 8. The summed E-state index contributed by atoms with van der Waals surface area (Å²) in [5, 5.41) is 7.58. The Morgan fingerprint density at radius 3 is 2.68 bits per heavy atom. The van der Waals surface area contributed by atoms with Crippen molar-refractivity contribution in [2.45, 2.75) is 31.7 Å². The van der Waals surface area contributed by atoms with Crippen LogP contribution in [0.25, 0.3) is 0 Å². The lowest BCUT2D eigenvalue weighted by Crippen LogP contribution is -2.33. The van der Waals surface area contributed by atoms with Gasteiger partial charge in [0.05, 0.1) is 14.2 Å². The molecule has 0 spiro atoms. The van der Waals surface area contributed by atoms with E-state index in [0.29, 0.717) is 41.6 Å². The van der Waals surface area contributed by atoms with Gasteiger partial charge < -0.3 is 24.9 Å². The van der Waals surface area contributed by atoms with Crippen LogP contribution in [0, 0.1) is 6.92 Å². The fourth-order valence-electron chi connectivity index (χ4n) is 4.43. The van der Waals surface area contributed by atoms with Crippen LogP contribution in [0.15, 0.2) is 46.0 Å². The number of furan rings is 1. The van der Waals surface area contributed by atoms with Crippen LogP contribution in [-0.2, 0) is 4.79 Å². The summed E-state index contributed by atoms with van der Waals surface area (Å²) in [6, 6.07) is 9.01. The highest BCUT2D eigenvalue weighted by molar-refractivity contribution is 6.00. The maximum absolute atomic E-state index is 13.4. The van der Waals surface area contributed by atoms with Gasteiger partial charge in [0.25, 0.3) is 0 Å². The molecule has 9 heteroatoms. The van der Waals surface area contributed by atoms with Gasteiger partial charge in [0.2, 0.25) is 11.9 Å². The lowest BCUT2D eigenvalue weighted by atomic mass is 9.78. The van der Waals surface area contributed by atoms with Crippen LogP contribution in [0.4, 0.5) is 11.9 Å². The first-order valence-electron chi connectivity index (χ1n) is 10.0. The van der Waals surface area contributed by atoms with Crippen LogP contribution < -0.4 is 20.5 Å². The van der Waals surface area contributed by atoms with Gasteiger partial charge in [-0.3, -0.25) is 4.79 Å². The Balaban J connectivity index is 1.56. The summed E-state index contributed by atoms with van der Waals surface area (Å²) in [5.41, 5.74) is 8.33. The Morgan fingerprint density at radius 2 is 1.97 bits per heavy atom. The molecule has 2 atom stereocenters. The molecule has 1 aliphatic carbocycles. The van der Waals surface area contributed by atoms with Crippen molar-refractivity contribution in [2.24, 2.45) is 0 Å². The molecule has 0 fully saturated rings. The SMILES string of the molecule is COc1ccc([C@H]2CC(=O)C3=C(C2)Nc2nc(N)nn2[C@H]3c2ccc(C)o2)cc1OC. The van der Waals surface area contributed by atoms with Crippen molar-refractivity contribution >= 4 is 17.7 Å². The third kappa shape index (κ3) is 3.13. The van der Waals surface area contributed by atoms with Crippen LogP contribution in [0.1, 0.15) is 41.9 Å². The molecule has 0 saturated carbocycles. The summed E-state index contributed by atoms with van der Waals surface area (Å²) in [7, 11) is 3.20. The van der Waals surface area contributed by atoms with Crippen LogP contribution in [0.2, 0.25) is 0 Å². The standard InChI is InChI=1S/C22H23N5O4/c1-11-4-6-17(31-11)20-19-14(24-22-25-21(23)26-27(20)22)8-13(9-15(19)28)12-5-7-16(29-2)18(10-12)30-3/h4-7,10,13,20H,8-9H2,1-3H3,(H3,23,24,25,26)/t13-,20+/m1/s1. The molecular weight excluding hydrogens is 398 g/mol. The first-order valence-corrected chi connectivity index (χ1v) is 10.0. The molecule has 3 aromatic rings. The first-order chi connectivity index (χ1) is 15.0. The molecule has 0 unspecified atom stereocenters. The molecule has 0 bridgehead atoms. The maximum atomic E-state index is 13.4. The Kier molecular flexibility index (Phi) is 4.46. The Bertz CT molecular complexity index is 1210. The highest BCUT2D eigenvalue weighted by Crippen LogP contribution is 2.45. The van der Waals surface area contributed by atoms with E-state index in [1.807, 2.05) is 37.3 Å². The zero-order valence-electron chi connectivity index (χ0n) is 17.5. The van der Waals surface area contributed by atoms with Crippen molar-refractivity contribution in [3.05, 3.63) is 58.7 Å². The number of aryl methyl sites for hydroxylation is 1. The van der Waals surface area contributed by atoms with E-state index >= 15 is 0 Å². The number of aromatic nitrogens is 3. The number of fused-ring (bicyclic) bond motifs is 1. The van der Waals surface area contributed by atoms with E-state index < -0.39 is 6.04 Å². The summed E-state index contributed by atoms with van der Waals surface area (Å²) in [6.07, 6.45) is 1.01. The largest absolute Gasteiger partial charge is 0.493 e. The van der Waals surface area contributed by atoms with Gasteiger partial charge in [-0.1, -0.05) is 6.07 Å². The third-order valence-electron chi connectivity index (χ3n) is 5.85. The normalized spacial score (nSPS) is 20.2. The number of carbonyl (C=O) groups is 1. The van der Waals surface area contributed by atoms with Gasteiger partial charge in [0.15, 0.2) is 17.3 Å². The number of ether oxygens (including phenoxy) is 2. The number of carbonyl (C=O) groups excluding carboxylic acids is 1. The molecule has 2 aliphatic rings. The summed E-state index contributed by atoms with van der Waals surface area (Å²) in [6.45, 7) is 1.87. The number of methoxy groups -OCH3 is 2. The molecule has 5 rings (SSSR count). The monoisotopic (exact) mass is 421 g/mol. The fourth-order valence-corrected chi connectivity index (χ4v) is 4.43. The number of ketones is 1. The number of nitrogens with two attached hydrogens (primary N) is 1. The number of allylic oxidation sites excluding steroid dienone is 2. The minimum atomic E-state index is -0.497. The minimum Gasteiger partial charge on any atom is -0.493 e. The molecule has 0 amide bonds. The van der Waals surface area contributed by atoms with Gasteiger partial charge in [-0.15, -0.1) is 5.10 Å². The minimum absolute atomic E-state index is 0.00985. The maximum Gasteiger partial charge on any atom is 0.241 e. The van der Waals surface area contributed by atoms with Crippen molar-refractivity contribution in [3.63, 3.8) is 0 Å². The third-order valence-corrected chi connectivity index (χ3v) is 5.85. The zero-order chi connectivity index (χ0) is 21.7.